The monoisotopic (exact) mass is 258 g/mol. The molecular formula is C13H14N4O2. The van der Waals surface area contributed by atoms with Crippen molar-refractivity contribution in [2.45, 2.75) is 6.42 Å². The van der Waals surface area contributed by atoms with Crippen molar-refractivity contribution in [1.29, 1.82) is 5.26 Å². The summed E-state index contributed by atoms with van der Waals surface area (Å²) >= 11 is 0. The van der Waals surface area contributed by atoms with Crippen molar-refractivity contribution in [2.24, 2.45) is 0 Å². The number of methoxy groups -OCH3 is 1. The summed E-state index contributed by atoms with van der Waals surface area (Å²) in [4.78, 5) is 8.13. The van der Waals surface area contributed by atoms with E-state index in [-0.39, 0.29) is 5.69 Å². The Kier molecular flexibility index (Phi) is 4.48. The van der Waals surface area contributed by atoms with Crippen LogP contribution in [0, 0.1) is 11.3 Å². The van der Waals surface area contributed by atoms with Gasteiger partial charge in [-0.15, -0.1) is 0 Å². The number of hydrogen-bond acceptors (Lipinski definition) is 6. The fourth-order valence-corrected chi connectivity index (χ4v) is 1.55. The van der Waals surface area contributed by atoms with Gasteiger partial charge in [-0.3, -0.25) is 4.98 Å². The molecule has 6 heteroatoms. The first-order chi connectivity index (χ1) is 9.35. The number of rotatable bonds is 6. The zero-order valence-corrected chi connectivity index (χ0v) is 10.6. The maximum absolute atomic E-state index is 9.03. The van der Waals surface area contributed by atoms with Crippen molar-refractivity contribution < 1.29 is 9.15 Å². The molecule has 0 aliphatic rings. The van der Waals surface area contributed by atoms with Crippen molar-refractivity contribution in [3.63, 3.8) is 0 Å². The van der Waals surface area contributed by atoms with Gasteiger partial charge in [0.05, 0.1) is 5.56 Å². The van der Waals surface area contributed by atoms with E-state index in [1.807, 2.05) is 12.1 Å². The zero-order valence-electron chi connectivity index (χ0n) is 10.6. The fraction of sp³-hybridized carbons (Fsp3) is 0.308. The van der Waals surface area contributed by atoms with Gasteiger partial charge >= 0.3 is 0 Å². The predicted octanol–water partition coefficient (Wildman–Crippen LogP) is 2.06. The van der Waals surface area contributed by atoms with Crippen molar-refractivity contribution in [3.05, 3.63) is 30.2 Å². The minimum atomic E-state index is 0.247. The Morgan fingerprint density at radius 3 is 3.11 bits per heavy atom. The molecule has 0 unspecified atom stereocenters. The first kappa shape index (κ1) is 13.1. The molecule has 2 aromatic heterocycles. The summed E-state index contributed by atoms with van der Waals surface area (Å²) in [5, 5.41) is 12.1. The van der Waals surface area contributed by atoms with E-state index in [0.717, 1.165) is 12.0 Å². The third kappa shape index (κ3) is 3.30. The summed E-state index contributed by atoms with van der Waals surface area (Å²) in [6, 6.07) is 5.62. The van der Waals surface area contributed by atoms with Crippen LogP contribution in [0.2, 0.25) is 0 Å². The second kappa shape index (κ2) is 6.52. The first-order valence-electron chi connectivity index (χ1n) is 5.89. The quantitative estimate of drug-likeness (QED) is 0.798. The van der Waals surface area contributed by atoms with Gasteiger partial charge < -0.3 is 14.5 Å². The summed E-state index contributed by atoms with van der Waals surface area (Å²) in [5.74, 6) is 0.774. The van der Waals surface area contributed by atoms with Crippen LogP contribution in [0.4, 0.5) is 5.88 Å². The average Bonchev–Trinajstić information content (AvgIpc) is 2.88. The van der Waals surface area contributed by atoms with Gasteiger partial charge in [-0.25, -0.2) is 0 Å². The zero-order chi connectivity index (χ0) is 13.5. The second-order valence-electron chi connectivity index (χ2n) is 3.82. The van der Waals surface area contributed by atoms with Gasteiger partial charge in [0.2, 0.25) is 17.5 Å². The first-order valence-corrected chi connectivity index (χ1v) is 5.89. The van der Waals surface area contributed by atoms with E-state index < -0.39 is 0 Å². The van der Waals surface area contributed by atoms with E-state index in [2.05, 4.69) is 15.3 Å². The van der Waals surface area contributed by atoms with E-state index >= 15 is 0 Å². The van der Waals surface area contributed by atoms with Gasteiger partial charge in [0, 0.05) is 32.7 Å². The van der Waals surface area contributed by atoms with Crippen molar-refractivity contribution in [2.75, 3.05) is 25.6 Å². The molecule has 0 saturated carbocycles. The smallest absolute Gasteiger partial charge is 0.232 e. The molecule has 1 N–H and O–H groups in total. The Morgan fingerprint density at radius 2 is 2.42 bits per heavy atom. The van der Waals surface area contributed by atoms with E-state index in [0.29, 0.717) is 24.9 Å². The number of nitrogens with one attached hydrogen (secondary N) is 1. The summed E-state index contributed by atoms with van der Waals surface area (Å²) in [7, 11) is 1.65. The summed E-state index contributed by atoms with van der Waals surface area (Å²) in [6.07, 6.45) is 4.13. The SMILES string of the molecule is COCCCNc1oc(-c2cccnc2)nc1C#N. The lowest BCUT2D eigenvalue weighted by molar-refractivity contribution is 0.197. The molecule has 0 bridgehead atoms. The molecule has 0 atom stereocenters. The van der Waals surface area contributed by atoms with Crippen LogP contribution in [0.15, 0.2) is 28.9 Å². The van der Waals surface area contributed by atoms with Gasteiger partial charge in [-0.05, 0) is 18.6 Å². The third-order valence-corrected chi connectivity index (χ3v) is 2.45. The van der Waals surface area contributed by atoms with Gasteiger partial charge in [0.15, 0.2) is 0 Å². The number of nitriles is 1. The standard InChI is InChI=1S/C13H14N4O2/c1-18-7-3-6-16-13-11(8-14)17-12(19-13)10-4-2-5-15-9-10/h2,4-5,9,16H,3,6-7H2,1H3. The van der Waals surface area contributed by atoms with Crippen LogP contribution in [0.1, 0.15) is 12.1 Å². The Labute approximate surface area is 111 Å². The molecule has 0 aliphatic carbocycles. The minimum absolute atomic E-state index is 0.247. The van der Waals surface area contributed by atoms with Gasteiger partial charge in [-0.1, -0.05) is 0 Å². The van der Waals surface area contributed by atoms with Crippen LogP contribution in [0.3, 0.4) is 0 Å². The molecule has 0 aliphatic heterocycles. The van der Waals surface area contributed by atoms with E-state index in [1.54, 1.807) is 25.6 Å². The lowest BCUT2D eigenvalue weighted by Gasteiger charge is -2.01. The number of nitrogens with zero attached hydrogens (tertiary/aromatic N) is 3. The van der Waals surface area contributed by atoms with Gasteiger partial charge in [0.1, 0.15) is 6.07 Å². The molecule has 0 saturated heterocycles. The van der Waals surface area contributed by atoms with Crippen LogP contribution in [-0.2, 0) is 4.74 Å². The molecule has 0 amide bonds. The number of aromatic nitrogens is 2. The maximum atomic E-state index is 9.03. The number of hydrogen-bond donors (Lipinski definition) is 1. The summed E-state index contributed by atoms with van der Waals surface area (Å²) in [6.45, 7) is 1.31. The number of pyridine rings is 1. The lowest BCUT2D eigenvalue weighted by atomic mass is 10.3. The van der Waals surface area contributed by atoms with Crippen LogP contribution in [0.25, 0.3) is 11.5 Å². The van der Waals surface area contributed by atoms with E-state index in [9.17, 15) is 0 Å². The van der Waals surface area contributed by atoms with Crippen molar-refractivity contribution in [1.82, 2.24) is 9.97 Å². The van der Waals surface area contributed by atoms with Crippen LogP contribution >= 0.6 is 0 Å². The molecule has 2 rings (SSSR count). The molecule has 0 spiro atoms. The van der Waals surface area contributed by atoms with Crippen LogP contribution in [0.5, 0.6) is 0 Å². The van der Waals surface area contributed by atoms with Gasteiger partial charge in [-0.2, -0.15) is 10.2 Å². The second-order valence-corrected chi connectivity index (χ2v) is 3.82. The van der Waals surface area contributed by atoms with Gasteiger partial charge in [0.25, 0.3) is 0 Å². The van der Waals surface area contributed by atoms with E-state index in [4.69, 9.17) is 14.4 Å². The molecule has 19 heavy (non-hydrogen) atoms. The highest BCUT2D eigenvalue weighted by Gasteiger charge is 2.13. The predicted molar refractivity (Wildman–Crippen MR) is 69.4 cm³/mol. The number of anilines is 1. The largest absolute Gasteiger partial charge is 0.419 e. The fourth-order valence-electron chi connectivity index (χ4n) is 1.55. The molecule has 0 aromatic carbocycles. The molecular weight excluding hydrogens is 244 g/mol. The topological polar surface area (TPSA) is 84.0 Å². The highest BCUT2D eigenvalue weighted by Crippen LogP contribution is 2.24. The van der Waals surface area contributed by atoms with Crippen molar-refractivity contribution in [3.8, 4) is 17.5 Å². The van der Waals surface area contributed by atoms with Crippen LogP contribution < -0.4 is 5.32 Å². The Morgan fingerprint density at radius 1 is 1.53 bits per heavy atom. The molecule has 0 radical (unpaired) electrons. The van der Waals surface area contributed by atoms with E-state index in [1.165, 1.54) is 0 Å². The van der Waals surface area contributed by atoms with Crippen LogP contribution in [-0.4, -0.2) is 30.2 Å². The lowest BCUT2D eigenvalue weighted by Crippen LogP contribution is -2.04. The Balaban J connectivity index is 2.12. The third-order valence-electron chi connectivity index (χ3n) is 2.45. The molecule has 6 nitrogen and oxygen atoms in total. The Hall–Kier alpha value is -2.39. The molecule has 98 valence electrons. The normalized spacial score (nSPS) is 10.1. The highest BCUT2D eigenvalue weighted by molar-refractivity contribution is 5.57. The highest BCUT2D eigenvalue weighted by atomic mass is 16.5. The minimum Gasteiger partial charge on any atom is -0.419 e. The number of ether oxygens (including phenoxy) is 1. The Bertz CT molecular complexity index is 560. The number of oxazole rings is 1. The molecule has 2 heterocycles. The summed E-state index contributed by atoms with van der Waals surface area (Å²) < 4.78 is 10.5. The summed E-state index contributed by atoms with van der Waals surface area (Å²) in [5.41, 5.74) is 0.986. The van der Waals surface area contributed by atoms with Crippen molar-refractivity contribution >= 4 is 5.88 Å². The average molecular weight is 258 g/mol. The molecule has 2 aromatic rings. The molecule has 0 fully saturated rings. The maximum Gasteiger partial charge on any atom is 0.232 e.